The van der Waals surface area contributed by atoms with E-state index in [9.17, 15) is 0 Å². The van der Waals surface area contributed by atoms with E-state index in [2.05, 4.69) is 80.9 Å². The van der Waals surface area contributed by atoms with Crippen molar-refractivity contribution in [2.24, 2.45) is 0 Å². The molecule has 0 saturated heterocycles. The van der Waals surface area contributed by atoms with E-state index in [1.165, 1.54) is 28.1 Å². The van der Waals surface area contributed by atoms with E-state index in [-0.39, 0.29) is 5.41 Å². The molecule has 20 heavy (non-hydrogen) atoms. The molecule has 102 valence electrons. The van der Waals surface area contributed by atoms with Crippen LogP contribution in [0.4, 0.5) is 5.69 Å². The number of aryl methyl sites for hydroxylation is 1. The molecule has 1 nitrogen and oxygen atoms in total. The maximum Gasteiger partial charge on any atom is 0.0618 e. The Bertz CT molecular complexity index is 671. The first-order valence-electron chi connectivity index (χ1n) is 7.21. The fraction of sp³-hybridized carbons (Fsp3) is 0.263. The molecule has 1 heterocycles. The Hall–Kier alpha value is -2.02. The molecule has 0 amide bonds. The smallest absolute Gasteiger partial charge is 0.0618 e. The van der Waals surface area contributed by atoms with Gasteiger partial charge in [-0.25, -0.2) is 0 Å². The number of hydrogen-bond donors (Lipinski definition) is 0. The van der Waals surface area contributed by atoms with Crippen LogP contribution in [0.3, 0.4) is 0 Å². The molecular weight excluding hydrogens is 242 g/mol. The summed E-state index contributed by atoms with van der Waals surface area (Å²) >= 11 is 0. The van der Waals surface area contributed by atoms with Gasteiger partial charge >= 0.3 is 0 Å². The first kappa shape index (κ1) is 13.0. The average molecular weight is 263 g/mol. The molecule has 1 aliphatic rings. The van der Waals surface area contributed by atoms with Crippen LogP contribution in [0.5, 0.6) is 0 Å². The van der Waals surface area contributed by atoms with E-state index < -0.39 is 0 Å². The Morgan fingerprint density at radius 2 is 1.60 bits per heavy atom. The Labute approximate surface area is 121 Å². The first-order chi connectivity index (χ1) is 9.63. The molecular formula is C19H21N. The maximum absolute atomic E-state index is 4.42. The molecule has 0 aromatic heterocycles. The zero-order chi connectivity index (χ0) is 14.3. The number of anilines is 1. The minimum absolute atomic E-state index is 0.0866. The normalized spacial score (nSPS) is 21.1. The molecule has 0 spiro atoms. The molecule has 0 aliphatic carbocycles. The largest absolute Gasteiger partial charge is 0.347 e. The Morgan fingerprint density at radius 3 is 2.25 bits per heavy atom. The number of fused-ring (bicyclic) bond motifs is 1. The number of benzene rings is 2. The van der Waals surface area contributed by atoms with Crippen LogP contribution < -0.4 is 4.90 Å². The van der Waals surface area contributed by atoms with Gasteiger partial charge in [-0.15, -0.1) is 0 Å². The SMILES string of the molecule is C=C1N(C)c2ccccc2[C@@]1(CC)c1ccccc1C. The van der Waals surface area contributed by atoms with E-state index in [0.29, 0.717) is 0 Å². The minimum atomic E-state index is -0.0866. The third kappa shape index (κ3) is 1.49. The predicted molar refractivity (Wildman–Crippen MR) is 86.2 cm³/mol. The van der Waals surface area contributed by atoms with Crippen molar-refractivity contribution in [3.8, 4) is 0 Å². The third-order valence-electron chi connectivity index (χ3n) is 4.76. The van der Waals surface area contributed by atoms with Crippen molar-refractivity contribution in [2.45, 2.75) is 25.7 Å². The number of allylic oxidation sites excluding steroid dienone is 1. The van der Waals surface area contributed by atoms with Gasteiger partial charge in [-0.1, -0.05) is 56.0 Å². The van der Waals surface area contributed by atoms with E-state index in [1.54, 1.807) is 0 Å². The summed E-state index contributed by atoms with van der Waals surface area (Å²) in [5.74, 6) is 0. The van der Waals surface area contributed by atoms with E-state index in [1.807, 2.05) is 0 Å². The lowest BCUT2D eigenvalue weighted by Gasteiger charge is -2.33. The molecule has 3 rings (SSSR count). The molecule has 0 unspecified atom stereocenters. The zero-order valence-corrected chi connectivity index (χ0v) is 12.5. The Balaban J connectivity index is 2.34. The van der Waals surface area contributed by atoms with Gasteiger partial charge in [0.25, 0.3) is 0 Å². The predicted octanol–water partition coefficient (Wildman–Crippen LogP) is 4.65. The first-order valence-corrected chi connectivity index (χ1v) is 7.21. The van der Waals surface area contributed by atoms with Crippen molar-refractivity contribution in [1.82, 2.24) is 0 Å². The standard InChI is InChI=1S/C19H21N/c1-5-19(16-11-7-6-10-14(16)2)15(3)20(4)18-13-9-8-12-17(18)19/h6-13H,3,5H2,1-2,4H3/t19-/m1/s1. The highest BCUT2D eigenvalue weighted by atomic mass is 15.2. The molecule has 1 atom stereocenters. The lowest BCUT2D eigenvalue weighted by atomic mass is 9.70. The van der Waals surface area contributed by atoms with Gasteiger partial charge in [0.1, 0.15) is 0 Å². The Kier molecular flexibility index (Phi) is 2.93. The van der Waals surface area contributed by atoms with E-state index >= 15 is 0 Å². The molecule has 1 heteroatoms. The molecule has 0 fully saturated rings. The van der Waals surface area contributed by atoms with Crippen LogP contribution in [-0.4, -0.2) is 7.05 Å². The summed E-state index contributed by atoms with van der Waals surface area (Å²) in [5.41, 5.74) is 6.46. The van der Waals surface area contributed by atoms with Gasteiger partial charge in [0.05, 0.1) is 5.41 Å². The summed E-state index contributed by atoms with van der Waals surface area (Å²) in [5, 5.41) is 0. The summed E-state index contributed by atoms with van der Waals surface area (Å²) in [7, 11) is 2.12. The van der Waals surface area contributed by atoms with Crippen LogP contribution in [0.2, 0.25) is 0 Å². The van der Waals surface area contributed by atoms with Crippen LogP contribution in [-0.2, 0) is 5.41 Å². The molecule has 0 N–H and O–H groups in total. The summed E-state index contributed by atoms with van der Waals surface area (Å²) < 4.78 is 0. The second kappa shape index (κ2) is 4.52. The van der Waals surface area contributed by atoms with Crippen LogP contribution in [0.25, 0.3) is 0 Å². The van der Waals surface area contributed by atoms with E-state index in [4.69, 9.17) is 0 Å². The number of nitrogens with zero attached hydrogens (tertiary/aromatic N) is 1. The highest BCUT2D eigenvalue weighted by Crippen LogP contribution is 2.52. The third-order valence-corrected chi connectivity index (χ3v) is 4.76. The van der Waals surface area contributed by atoms with Gasteiger partial charge in [-0.05, 0) is 36.1 Å². The summed E-state index contributed by atoms with van der Waals surface area (Å²) in [4.78, 5) is 2.24. The van der Waals surface area contributed by atoms with Gasteiger partial charge in [-0.2, -0.15) is 0 Å². The number of rotatable bonds is 2. The molecule has 0 radical (unpaired) electrons. The molecule has 0 saturated carbocycles. The van der Waals surface area contributed by atoms with Crippen LogP contribution >= 0.6 is 0 Å². The van der Waals surface area contributed by atoms with E-state index in [0.717, 1.165) is 6.42 Å². The monoisotopic (exact) mass is 263 g/mol. The second-order valence-electron chi connectivity index (χ2n) is 5.60. The molecule has 1 aliphatic heterocycles. The molecule has 2 aromatic rings. The van der Waals surface area contributed by atoms with Crippen molar-refractivity contribution in [2.75, 3.05) is 11.9 Å². The number of hydrogen-bond acceptors (Lipinski definition) is 1. The van der Waals surface area contributed by atoms with Gasteiger partial charge in [0, 0.05) is 18.4 Å². The second-order valence-corrected chi connectivity index (χ2v) is 5.60. The lowest BCUT2D eigenvalue weighted by Crippen LogP contribution is -2.30. The summed E-state index contributed by atoms with van der Waals surface area (Å²) in [6.07, 6.45) is 1.03. The van der Waals surface area contributed by atoms with Crippen LogP contribution in [0.15, 0.2) is 60.8 Å². The van der Waals surface area contributed by atoms with Crippen molar-refractivity contribution in [3.05, 3.63) is 77.5 Å². The fourth-order valence-corrected chi connectivity index (χ4v) is 3.65. The Morgan fingerprint density at radius 1 is 1.00 bits per heavy atom. The average Bonchev–Trinajstić information content (AvgIpc) is 2.70. The topological polar surface area (TPSA) is 3.24 Å². The van der Waals surface area contributed by atoms with Crippen molar-refractivity contribution < 1.29 is 0 Å². The van der Waals surface area contributed by atoms with Crippen LogP contribution in [0.1, 0.15) is 30.0 Å². The molecule has 0 bridgehead atoms. The minimum Gasteiger partial charge on any atom is -0.347 e. The van der Waals surface area contributed by atoms with Gasteiger partial charge in [0.2, 0.25) is 0 Å². The molecule has 2 aromatic carbocycles. The van der Waals surface area contributed by atoms with Crippen molar-refractivity contribution in [1.29, 1.82) is 0 Å². The quantitative estimate of drug-likeness (QED) is 0.762. The lowest BCUT2D eigenvalue weighted by molar-refractivity contribution is 0.592. The number of para-hydroxylation sites is 1. The van der Waals surface area contributed by atoms with Gasteiger partial charge in [0.15, 0.2) is 0 Å². The van der Waals surface area contributed by atoms with Crippen molar-refractivity contribution in [3.63, 3.8) is 0 Å². The summed E-state index contributed by atoms with van der Waals surface area (Å²) in [6, 6.07) is 17.4. The highest BCUT2D eigenvalue weighted by Gasteiger charge is 2.45. The van der Waals surface area contributed by atoms with Gasteiger partial charge < -0.3 is 4.90 Å². The number of likely N-dealkylation sites (N-methyl/N-ethyl adjacent to an activating group) is 1. The van der Waals surface area contributed by atoms with Gasteiger partial charge in [-0.3, -0.25) is 0 Å². The highest BCUT2D eigenvalue weighted by molar-refractivity contribution is 5.74. The van der Waals surface area contributed by atoms with Crippen molar-refractivity contribution >= 4 is 5.69 Å². The fourth-order valence-electron chi connectivity index (χ4n) is 3.65. The zero-order valence-electron chi connectivity index (χ0n) is 12.5. The maximum atomic E-state index is 4.42. The van der Waals surface area contributed by atoms with Crippen LogP contribution in [0, 0.1) is 6.92 Å². The summed E-state index contributed by atoms with van der Waals surface area (Å²) in [6.45, 7) is 8.87.